The molecule has 27 heavy (non-hydrogen) atoms. The second-order valence-corrected chi connectivity index (χ2v) is 5.91. The highest BCUT2D eigenvalue weighted by atomic mass is 32.1. The highest BCUT2D eigenvalue weighted by molar-refractivity contribution is 7.80. The smallest absolute Gasteiger partial charge is 0.301 e. The number of hydrogen-bond donors (Lipinski definition) is 2. The van der Waals surface area contributed by atoms with Gasteiger partial charge >= 0.3 is 5.69 Å². The third kappa shape index (κ3) is 3.96. The number of nitro benzene ring substituents is 2. The van der Waals surface area contributed by atoms with Gasteiger partial charge in [-0.2, -0.15) is 0 Å². The molecule has 0 amide bonds. The molecule has 3 rings (SSSR count). The van der Waals surface area contributed by atoms with Crippen molar-refractivity contribution < 1.29 is 9.85 Å². The molecule has 0 saturated carbocycles. The van der Waals surface area contributed by atoms with Crippen molar-refractivity contribution in [2.24, 2.45) is 0 Å². The van der Waals surface area contributed by atoms with E-state index >= 15 is 0 Å². The molecule has 0 aliphatic carbocycles. The van der Waals surface area contributed by atoms with Gasteiger partial charge in [-0.15, -0.1) is 0 Å². The summed E-state index contributed by atoms with van der Waals surface area (Å²) < 4.78 is 0. The number of rotatable bonds is 5. The lowest BCUT2D eigenvalue weighted by molar-refractivity contribution is -0.392. The lowest BCUT2D eigenvalue weighted by atomic mass is 10.1. The van der Waals surface area contributed by atoms with Gasteiger partial charge in [0, 0.05) is 12.7 Å². The molecule has 1 heterocycles. The molecule has 0 saturated heterocycles. The summed E-state index contributed by atoms with van der Waals surface area (Å²) in [5, 5.41) is 28.8. The fourth-order valence-corrected chi connectivity index (χ4v) is 2.74. The van der Waals surface area contributed by atoms with Gasteiger partial charge in [0.25, 0.3) is 5.69 Å². The predicted octanol–water partition coefficient (Wildman–Crippen LogP) is 3.54. The number of benzene rings is 2. The van der Waals surface area contributed by atoms with E-state index in [9.17, 15) is 20.2 Å². The summed E-state index contributed by atoms with van der Waals surface area (Å²) in [6, 6.07) is 13.4. The standard InChI is InChI=1S/C17H13N5O4S/c23-21(24)13-9-14(22(25)26)16(15-12(13)7-4-8-18-15)20-17(27)19-10-11-5-2-1-3-6-11/h1-9H,10H2,(H2,19,20,27). The Bertz CT molecular complexity index is 1040. The van der Waals surface area contributed by atoms with Crippen LogP contribution in [0.15, 0.2) is 54.7 Å². The number of nitro groups is 2. The zero-order valence-electron chi connectivity index (χ0n) is 13.8. The first-order chi connectivity index (χ1) is 13.0. The third-order valence-corrected chi connectivity index (χ3v) is 4.02. The van der Waals surface area contributed by atoms with Crippen LogP contribution in [0.25, 0.3) is 10.9 Å². The van der Waals surface area contributed by atoms with E-state index in [0.717, 1.165) is 11.6 Å². The molecule has 2 aromatic carbocycles. The molecule has 0 radical (unpaired) electrons. The van der Waals surface area contributed by atoms with Crippen LogP contribution in [0.1, 0.15) is 5.56 Å². The van der Waals surface area contributed by atoms with Crippen molar-refractivity contribution in [3.05, 3.63) is 80.5 Å². The topological polar surface area (TPSA) is 123 Å². The Labute approximate surface area is 158 Å². The molecule has 0 aliphatic heterocycles. The van der Waals surface area contributed by atoms with Crippen molar-refractivity contribution in [2.75, 3.05) is 5.32 Å². The summed E-state index contributed by atoms with van der Waals surface area (Å²) in [5.74, 6) is 0. The maximum absolute atomic E-state index is 11.5. The molecule has 0 aliphatic rings. The first-order valence-corrected chi connectivity index (χ1v) is 8.17. The van der Waals surface area contributed by atoms with Gasteiger partial charge in [-0.1, -0.05) is 30.3 Å². The van der Waals surface area contributed by atoms with Gasteiger partial charge in [-0.3, -0.25) is 25.2 Å². The fourth-order valence-electron chi connectivity index (χ4n) is 2.57. The number of non-ortho nitro benzene ring substituents is 1. The zero-order valence-corrected chi connectivity index (χ0v) is 14.6. The first-order valence-electron chi connectivity index (χ1n) is 7.76. The molecule has 136 valence electrons. The number of hydrogen-bond acceptors (Lipinski definition) is 6. The number of thiocarbonyl (C=S) groups is 1. The van der Waals surface area contributed by atoms with Crippen molar-refractivity contribution in [1.82, 2.24) is 10.3 Å². The van der Waals surface area contributed by atoms with Gasteiger partial charge in [0.2, 0.25) is 0 Å². The van der Waals surface area contributed by atoms with E-state index in [1.165, 1.54) is 18.3 Å². The molecule has 0 atom stereocenters. The minimum Gasteiger partial charge on any atom is -0.358 e. The largest absolute Gasteiger partial charge is 0.358 e. The summed E-state index contributed by atoms with van der Waals surface area (Å²) in [4.78, 5) is 25.4. The van der Waals surface area contributed by atoms with Crippen molar-refractivity contribution >= 4 is 45.3 Å². The Hall–Kier alpha value is -3.66. The second kappa shape index (κ2) is 7.70. The van der Waals surface area contributed by atoms with Crippen LogP contribution in [0.2, 0.25) is 0 Å². The van der Waals surface area contributed by atoms with Crippen molar-refractivity contribution in [1.29, 1.82) is 0 Å². The Kier molecular flexibility index (Phi) is 5.18. The predicted molar refractivity (Wildman–Crippen MR) is 105 cm³/mol. The van der Waals surface area contributed by atoms with E-state index in [1.54, 1.807) is 0 Å². The van der Waals surface area contributed by atoms with Crippen LogP contribution in [-0.2, 0) is 6.54 Å². The summed E-state index contributed by atoms with van der Waals surface area (Å²) in [7, 11) is 0. The van der Waals surface area contributed by atoms with Crippen molar-refractivity contribution in [2.45, 2.75) is 6.54 Å². The van der Waals surface area contributed by atoms with E-state index < -0.39 is 21.2 Å². The number of aromatic nitrogens is 1. The normalized spacial score (nSPS) is 10.4. The lowest BCUT2D eigenvalue weighted by Gasteiger charge is -2.12. The number of anilines is 1. The van der Waals surface area contributed by atoms with Gasteiger partial charge in [-0.05, 0) is 29.9 Å². The number of nitrogens with zero attached hydrogens (tertiary/aromatic N) is 3. The molecular weight excluding hydrogens is 370 g/mol. The van der Waals surface area contributed by atoms with Crippen LogP contribution >= 0.6 is 12.2 Å². The molecule has 3 aromatic rings. The molecule has 9 nitrogen and oxygen atoms in total. The average Bonchev–Trinajstić information content (AvgIpc) is 2.67. The SMILES string of the molecule is O=[N+]([O-])c1cc([N+](=O)[O-])c2cccnc2c1NC(=S)NCc1ccccc1. The van der Waals surface area contributed by atoms with E-state index in [4.69, 9.17) is 12.2 Å². The van der Waals surface area contributed by atoms with Crippen LogP contribution in [0, 0.1) is 20.2 Å². The Morgan fingerprint density at radius 3 is 2.41 bits per heavy atom. The summed E-state index contributed by atoms with van der Waals surface area (Å²) >= 11 is 5.22. The highest BCUT2D eigenvalue weighted by Gasteiger charge is 2.26. The maximum Gasteiger partial charge on any atom is 0.301 e. The highest BCUT2D eigenvalue weighted by Crippen LogP contribution is 2.38. The van der Waals surface area contributed by atoms with Gasteiger partial charge in [-0.25, -0.2) is 0 Å². The van der Waals surface area contributed by atoms with E-state index in [2.05, 4.69) is 15.6 Å². The average molecular weight is 383 g/mol. The van der Waals surface area contributed by atoms with Crippen LogP contribution in [-0.4, -0.2) is 19.9 Å². The molecule has 10 heteroatoms. The monoisotopic (exact) mass is 383 g/mol. The Morgan fingerprint density at radius 1 is 1.04 bits per heavy atom. The Morgan fingerprint density at radius 2 is 1.74 bits per heavy atom. The van der Waals surface area contributed by atoms with Gasteiger partial charge in [0.15, 0.2) is 5.11 Å². The third-order valence-electron chi connectivity index (χ3n) is 3.78. The minimum absolute atomic E-state index is 0.00626. The molecule has 0 spiro atoms. The van der Waals surface area contributed by atoms with Gasteiger partial charge in [0.05, 0.1) is 21.3 Å². The fraction of sp³-hybridized carbons (Fsp3) is 0.0588. The van der Waals surface area contributed by atoms with Gasteiger partial charge < -0.3 is 10.6 Å². The lowest BCUT2D eigenvalue weighted by Crippen LogP contribution is -2.28. The summed E-state index contributed by atoms with van der Waals surface area (Å²) in [5.41, 5.74) is 0.215. The minimum atomic E-state index is -0.705. The molecular formula is C17H13N5O4S. The molecule has 1 aromatic heterocycles. The van der Waals surface area contributed by atoms with E-state index in [1.807, 2.05) is 30.3 Å². The quantitative estimate of drug-likeness (QED) is 0.389. The molecule has 0 bridgehead atoms. The second-order valence-electron chi connectivity index (χ2n) is 5.50. The summed E-state index contributed by atoms with van der Waals surface area (Å²) in [6.07, 6.45) is 1.40. The van der Waals surface area contributed by atoms with E-state index in [-0.39, 0.29) is 21.7 Å². The number of nitrogens with one attached hydrogen (secondary N) is 2. The van der Waals surface area contributed by atoms with E-state index in [0.29, 0.717) is 6.54 Å². The van der Waals surface area contributed by atoms with Crippen LogP contribution in [0.4, 0.5) is 17.1 Å². The zero-order chi connectivity index (χ0) is 19.4. The Balaban J connectivity index is 1.96. The summed E-state index contributed by atoms with van der Waals surface area (Å²) in [6.45, 7) is 0.415. The van der Waals surface area contributed by atoms with Gasteiger partial charge in [0.1, 0.15) is 11.2 Å². The van der Waals surface area contributed by atoms with Crippen LogP contribution in [0.5, 0.6) is 0 Å². The van der Waals surface area contributed by atoms with Crippen LogP contribution in [0.3, 0.4) is 0 Å². The number of fused-ring (bicyclic) bond motifs is 1. The van der Waals surface area contributed by atoms with Crippen molar-refractivity contribution in [3.8, 4) is 0 Å². The van der Waals surface area contributed by atoms with Crippen molar-refractivity contribution in [3.63, 3.8) is 0 Å². The molecule has 2 N–H and O–H groups in total. The maximum atomic E-state index is 11.5. The molecule has 0 fully saturated rings. The molecule has 0 unspecified atom stereocenters. The first kappa shape index (κ1) is 18.1. The number of pyridine rings is 1. The van der Waals surface area contributed by atoms with Crippen LogP contribution < -0.4 is 10.6 Å².